The Bertz CT molecular complexity index is 297. The van der Waals surface area contributed by atoms with Crippen LogP contribution >= 0.6 is 0 Å². The van der Waals surface area contributed by atoms with Gasteiger partial charge < -0.3 is 15.5 Å². The molecule has 0 aromatic heterocycles. The molecule has 1 saturated heterocycles. The minimum atomic E-state index is -1.01. The van der Waals surface area contributed by atoms with Crippen molar-refractivity contribution in [2.24, 2.45) is 10.8 Å². The third kappa shape index (κ3) is 1.55. The van der Waals surface area contributed by atoms with Gasteiger partial charge in [-0.1, -0.05) is 13.8 Å². The lowest BCUT2D eigenvalue weighted by Gasteiger charge is -2.54. The Balaban J connectivity index is 2.17. The normalized spacial score (nSPS) is 30.4. The van der Waals surface area contributed by atoms with Crippen LogP contribution in [0, 0.1) is 10.8 Å². The van der Waals surface area contributed by atoms with Crippen LogP contribution in [0.3, 0.4) is 0 Å². The molecule has 1 aliphatic heterocycles. The minimum Gasteiger partial charge on any atom is -0.481 e. The number of hydrogen-bond acceptors (Lipinski definition) is 3. The molecule has 16 heavy (non-hydrogen) atoms. The molecule has 0 aromatic rings. The Morgan fingerprint density at radius 1 is 1.12 bits per heavy atom. The van der Waals surface area contributed by atoms with E-state index in [1.54, 1.807) is 0 Å². The number of carbonyl (C=O) groups is 1. The van der Waals surface area contributed by atoms with Gasteiger partial charge in [-0.2, -0.15) is 0 Å². The fourth-order valence-corrected chi connectivity index (χ4v) is 2.87. The molecule has 4 nitrogen and oxygen atoms in total. The van der Waals surface area contributed by atoms with Crippen LogP contribution in [-0.2, 0) is 4.79 Å². The molecule has 2 rings (SSSR count). The highest BCUT2D eigenvalue weighted by atomic mass is 16.4. The van der Waals surface area contributed by atoms with E-state index in [-0.39, 0.29) is 5.41 Å². The van der Waals surface area contributed by atoms with Crippen LogP contribution in [0.15, 0.2) is 0 Å². The Morgan fingerprint density at radius 3 is 1.94 bits per heavy atom. The van der Waals surface area contributed by atoms with Gasteiger partial charge in [-0.25, -0.2) is 0 Å². The molecule has 2 aliphatic rings. The van der Waals surface area contributed by atoms with E-state index in [1.165, 1.54) is 0 Å². The lowest BCUT2D eigenvalue weighted by atomic mass is 9.58. The molecule has 4 heteroatoms. The number of aliphatic carboxylic acids is 1. The molecule has 2 fully saturated rings. The molecule has 0 bridgehead atoms. The van der Waals surface area contributed by atoms with E-state index < -0.39 is 17.0 Å². The van der Waals surface area contributed by atoms with Gasteiger partial charge in [0.2, 0.25) is 0 Å². The van der Waals surface area contributed by atoms with E-state index >= 15 is 0 Å². The lowest BCUT2D eigenvalue weighted by Crippen LogP contribution is -2.70. The molecule has 1 aliphatic carbocycles. The maximum Gasteiger partial charge on any atom is 0.315 e. The highest BCUT2D eigenvalue weighted by Gasteiger charge is 2.60. The first kappa shape index (κ1) is 11.9. The molecule has 0 atom stereocenters. The highest BCUT2D eigenvalue weighted by molar-refractivity contribution is 5.78. The lowest BCUT2D eigenvalue weighted by molar-refractivity contribution is -0.188. The highest BCUT2D eigenvalue weighted by Crippen LogP contribution is 2.49. The second-order valence-electron chi connectivity index (χ2n) is 6.19. The number of hydrogen-bond donors (Lipinski definition) is 3. The topological polar surface area (TPSA) is 69.6 Å². The number of nitrogens with one attached hydrogen (secondary N) is 1. The summed E-state index contributed by atoms with van der Waals surface area (Å²) < 4.78 is 0. The average Bonchev–Trinajstić information content (AvgIpc) is 2.08. The van der Waals surface area contributed by atoms with Crippen LogP contribution in [0.4, 0.5) is 0 Å². The van der Waals surface area contributed by atoms with Crippen molar-refractivity contribution in [3.05, 3.63) is 0 Å². The van der Waals surface area contributed by atoms with Crippen molar-refractivity contribution in [3.8, 4) is 0 Å². The SMILES string of the molecule is CC1(C)CCC(O)(C2(C(=O)O)CNC2)CC1. The number of carboxylic acid groups (broad SMARTS) is 1. The van der Waals surface area contributed by atoms with Crippen molar-refractivity contribution >= 4 is 5.97 Å². The van der Waals surface area contributed by atoms with Gasteiger partial charge in [0.1, 0.15) is 5.41 Å². The molecule has 3 N–H and O–H groups in total. The van der Waals surface area contributed by atoms with Crippen LogP contribution in [0.2, 0.25) is 0 Å². The fraction of sp³-hybridized carbons (Fsp3) is 0.917. The standard InChI is InChI=1S/C12H21NO3/c1-10(2)3-5-12(16,6-4-10)11(9(14)15)7-13-8-11/h13,16H,3-8H2,1-2H3,(H,14,15). The quantitative estimate of drug-likeness (QED) is 0.658. The molecule has 92 valence electrons. The second kappa shape index (κ2) is 3.44. The molecule has 0 amide bonds. The Kier molecular flexibility index (Phi) is 2.55. The summed E-state index contributed by atoms with van der Waals surface area (Å²) in [4.78, 5) is 11.4. The van der Waals surface area contributed by atoms with Gasteiger partial charge in [0, 0.05) is 13.1 Å². The molecule has 1 heterocycles. The zero-order chi connectivity index (χ0) is 12.0. The van der Waals surface area contributed by atoms with Gasteiger partial charge in [0.05, 0.1) is 5.60 Å². The molecule has 0 aromatic carbocycles. The largest absolute Gasteiger partial charge is 0.481 e. The molecule has 0 radical (unpaired) electrons. The summed E-state index contributed by atoms with van der Waals surface area (Å²) in [5.74, 6) is -0.853. The number of carboxylic acids is 1. The average molecular weight is 227 g/mol. The van der Waals surface area contributed by atoms with Crippen molar-refractivity contribution in [2.75, 3.05) is 13.1 Å². The second-order valence-corrected chi connectivity index (χ2v) is 6.19. The van der Waals surface area contributed by atoms with Crippen LogP contribution in [0.25, 0.3) is 0 Å². The van der Waals surface area contributed by atoms with E-state index in [9.17, 15) is 15.0 Å². The molecule has 0 unspecified atom stereocenters. The van der Waals surface area contributed by atoms with Crippen LogP contribution < -0.4 is 5.32 Å². The molecular weight excluding hydrogens is 206 g/mol. The molecular formula is C12H21NO3. The van der Waals surface area contributed by atoms with Crippen molar-refractivity contribution in [2.45, 2.75) is 45.1 Å². The van der Waals surface area contributed by atoms with E-state index in [4.69, 9.17) is 0 Å². The van der Waals surface area contributed by atoms with Gasteiger partial charge in [-0.3, -0.25) is 4.79 Å². The summed E-state index contributed by atoms with van der Waals surface area (Å²) >= 11 is 0. The zero-order valence-corrected chi connectivity index (χ0v) is 10.0. The Morgan fingerprint density at radius 2 is 1.62 bits per heavy atom. The number of aliphatic hydroxyl groups is 1. The van der Waals surface area contributed by atoms with E-state index in [0.717, 1.165) is 12.8 Å². The zero-order valence-electron chi connectivity index (χ0n) is 10.0. The summed E-state index contributed by atoms with van der Waals surface area (Å²) in [5, 5.41) is 22.9. The Hall–Kier alpha value is -0.610. The van der Waals surface area contributed by atoms with E-state index in [0.29, 0.717) is 25.9 Å². The van der Waals surface area contributed by atoms with Gasteiger partial charge in [-0.05, 0) is 31.1 Å². The van der Waals surface area contributed by atoms with Crippen LogP contribution in [0.5, 0.6) is 0 Å². The third-order valence-corrected chi connectivity index (χ3v) is 4.58. The summed E-state index contributed by atoms with van der Waals surface area (Å²) in [6.45, 7) is 5.16. The third-order valence-electron chi connectivity index (χ3n) is 4.58. The summed E-state index contributed by atoms with van der Waals surface area (Å²) in [7, 11) is 0. The van der Waals surface area contributed by atoms with Crippen molar-refractivity contribution in [3.63, 3.8) is 0 Å². The van der Waals surface area contributed by atoms with Gasteiger partial charge >= 0.3 is 5.97 Å². The van der Waals surface area contributed by atoms with E-state index in [1.807, 2.05) is 0 Å². The van der Waals surface area contributed by atoms with Crippen molar-refractivity contribution < 1.29 is 15.0 Å². The summed E-state index contributed by atoms with van der Waals surface area (Å²) in [6, 6.07) is 0. The maximum atomic E-state index is 11.4. The Labute approximate surface area is 96.0 Å². The number of rotatable bonds is 2. The first-order valence-electron chi connectivity index (χ1n) is 5.98. The molecule has 0 spiro atoms. The van der Waals surface area contributed by atoms with Gasteiger partial charge in [0.15, 0.2) is 0 Å². The van der Waals surface area contributed by atoms with Crippen LogP contribution in [-0.4, -0.2) is 34.9 Å². The van der Waals surface area contributed by atoms with Gasteiger partial charge in [0.25, 0.3) is 0 Å². The maximum absolute atomic E-state index is 11.4. The summed E-state index contributed by atoms with van der Waals surface area (Å²) in [6.07, 6.45) is 3.01. The predicted molar refractivity (Wildman–Crippen MR) is 60.1 cm³/mol. The van der Waals surface area contributed by atoms with Crippen LogP contribution in [0.1, 0.15) is 39.5 Å². The van der Waals surface area contributed by atoms with Gasteiger partial charge in [-0.15, -0.1) is 0 Å². The predicted octanol–water partition coefficient (Wildman–Crippen LogP) is 0.992. The van der Waals surface area contributed by atoms with Crippen molar-refractivity contribution in [1.82, 2.24) is 5.32 Å². The monoisotopic (exact) mass is 227 g/mol. The molecule has 1 saturated carbocycles. The summed E-state index contributed by atoms with van der Waals surface area (Å²) in [5.41, 5.74) is -1.72. The minimum absolute atomic E-state index is 0.239. The first-order valence-corrected chi connectivity index (χ1v) is 5.98. The first-order chi connectivity index (χ1) is 7.31. The smallest absolute Gasteiger partial charge is 0.315 e. The van der Waals surface area contributed by atoms with Crippen molar-refractivity contribution in [1.29, 1.82) is 0 Å². The van der Waals surface area contributed by atoms with E-state index in [2.05, 4.69) is 19.2 Å². The fourth-order valence-electron chi connectivity index (χ4n) is 2.87.